The van der Waals surface area contributed by atoms with Gasteiger partial charge in [-0.3, -0.25) is 0 Å². The Kier molecular flexibility index (Phi) is 4.31. The van der Waals surface area contributed by atoms with Gasteiger partial charge in [-0.15, -0.1) is 22.9 Å². The molecule has 0 fully saturated rings. The normalized spacial score (nSPS) is 11.3. The van der Waals surface area contributed by atoms with Gasteiger partial charge >= 0.3 is 0 Å². The van der Waals surface area contributed by atoms with Gasteiger partial charge in [0.2, 0.25) is 0 Å². The Labute approximate surface area is 138 Å². The maximum absolute atomic E-state index is 5.99. The van der Waals surface area contributed by atoms with Gasteiger partial charge < -0.3 is 4.57 Å². The van der Waals surface area contributed by atoms with Crippen LogP contribution in [0.5, 0.6) is 0 Å². The fourth-order valence-electron chi connectivity index (χ4n) is 2.07. The Hall–Kier alpha value is -0.620. The predicted molar refractivity (Wildman–Crippen MR) is 88.1 cm³/mol. The number of hydrogen-bond acceptors (Lipinski definition) is 3. The van der Waals surface area contributed by atoms with Gasteiger partial charge in [0.15, 0.2) is 5.65 Å². The van der Waals surface area contributed by atoms with Crippen LogP contribution >= 0.6 is 50.5 Å². The van der Waals surface area contributed by atoms with Crippen LogP contribution in [-0.4, -0.2) is 20.4 Å². The third-order valence-corrected chi connectivity index (χ3v) is 4.73. The molecule has 3 aromatic rings. The van der Waals surface area contributed by atoms with Crippen LogP contribution in [0.25, 0.3) is 11.2 Å². The topological polar surface area (TPSA) is 30.7 Å². The number of rotatable bonds is 4. The van der Waals surface area contributed by atoms with Crippen LogP contribution in [0.1, 0.15) is 10.7 Å². The third-order valence-electron chi connectivity index (χ3n) is 2.89. The Morgan fingerprint density at radius 2 is 2.20 bits per heavy atom. The van der Waals surface area contributed by atoms with E-state index in [4.69, 9.17) is 23.2 Å². The highest BCUT2D eigenvalue weighted by molar-refractivity contribution is 9.10. The highest BCUT2D eigenvalue weighted by atomic mass is 79.9. The average Bonchev–Trinajstić information content (AvgIpc) is 2.95. The van der Waals surface area contributed by atoms with Crippen molar-refractivity contribution in [3.63, 3.8) is 0 Å². The first-order valence-corrected chi connectivity index (χ1v) is 8.50. The molecule has 0 aromatic carbocycles. The summed E-state index contributed by atoms with van der Waals surface area (Å²) in [6.07, 6.45) is 2.50. The Balaban J connectivity index is 2.08. The molecule has 0 aliphatic heterocycles. The molecule has 0 saturated heterocycles. The number of aryl methyl sites for hydroxylation is 1. The smallest absolute Gasteiger partial charge is 0.160 e. The second-order valence-electron chi connectivity index (χ2n) is 4.26. The van der Waals surface area contributed by atoms with E-state index in [0.29, 0.717) is 12.3 Å². The number of halogens is 3. The van der Waals surface area contributed by atoms with Crippen LogP contribution in [0.4, 0.5) is 0 Å². The predicted octanol–water partition coefficient (Wildman–Crippen LogP) is 4.74. The summed E-state index contributed by atoms with van der Waals surface area (Å²) in [6.45, 7) is 0.717. The lowest BCUT2D eigenvalue weighted by Gasteiger charge is -2.06. The van der Waals surface area contributed by atoms with E-state index in [2.05, 4.69) is 30.5 Å². The van der Waals surface area contributed by atoms with Crippen molar-refractivity contribution >= 4 is 61.6 Å². The minimum absolute atomic E-state index is 0.537. The van der Waals surface area contributed by atoms with Gasteiger partial charge in [-0.2, -0.15) is 0 Å². The van der Waals surface area contributed by atoms with E-state index in [1.807, 2.05) is 18.2 Å². The van der Waals surface area contributed by atoms with Crippen molar-refractivity contribution in [2.75, 3.05) is 5.88 Å². The fraction of sp³-hybridized carbons (Fsp3) is 0.231. The number of imidazole rings is 1. The second kappa shape index (κ2) is 6.02. The van der Waals surface area contributed by atoms with Crippen molar-refractivity contribution in [3.8, 4) is 0 Å². The highest BCUT2D eigenvalue weighted by Gasteiger charge is 2.13. The van der Waals surface area contributed by atoms with Crippen LogP contribution in [-0.2, 0) is 13.0 Å². The van der Waals surface area contributed by atoms with Gasteiger partial charge in [0.05, 0.1) is 10.9 Å². The number of thiophene rings is 1. The fourth-order valence-corrected chi connectivity index (χ4v) is 3.63. The zero-order valence-corrected chi connectivity index (χ0v) is 14.2. The molecule has 0 amide bonds. The van der Waals surface area contributed by atoms with Gasteiger partial charge in [0.1, 0.15) is 11.3 Å². The van der Waals surface area contributed by atoms with Crippen molar-refractivity contribution < 1.29 is 0 Å². The van der Waals surface area contributed by atoms with E-state index in [1.54, 1.807) is 17.5 Å². The molecule has 0 N–H and O–H groups in total. The van der Waals surface area contributed by atoms with Crippen LogP contribution in [0.2, 0.25) is 4.34 Å². The van der Waals surface area contributed by atoms with Crippen molar-refractivity contribution in [3.05, 3.63) is 43.9 Å². The summed E-state index contributed by atoms with van der Waals surface area (Å²) < 4.78 is 3.82. The van der Waals surface area contributed by atoms with E-state index >= 15 is 0 Å². The summed E-state index contributed by atoms with van der Waals surface area (Å²) in [4.78, 5) is 10.3. The minimum atomic E-state index is 0.537. The van der Waals surface area contributed by atoms with E-state index in [-0.39, 0.29) is 0 Å². The quantitative estimate of drug-likeness (QED) is 0.602. The van der Waals surface area contributed by atoms with Gasteiger partial charge in [0, 0.05) is 27.8 Å². The summed E-state index contributed by atoms with van der Waals surface area (Å²) in [5, 5.41) is 0. The third kappa shape index (κ3) is 2.86. The Morgan fingerprint density at radius 3 is 2.90 bits per heavy atom. The van der Waals surface area contributed by atoms with Crippen LogP contribution in [0.3, 0.4) is 0 Å². The molecule has 0 unspecified atom stereocenters. The number of fused-ring (bicyclic) bond motifs is 1. The van der Waals surface area contributed by atoms with E-state index in [9.17, 15) is 0 Å². The number of alkyl halides is 1. The summed E-state index contributed by atoms with van der Waals surface area (Å²) in [6, 6.07) is 5.91. The molecule has 0 spiro atoms. The van der Waals surface area contributed by atoms with Crippen LogP contribution < -0.4 is 0 Å². The molecule has 0 aliphatic carbocycles. The number of aromatic nitrogens is 3. The Bertz CT molecular complexity index is 753. The summed E-state index contributed by atoms with van der Waals surface area (Å²) in [7, 11) is 0. The van der Waals surface area contributed by atoms with E-state index in [0.717, 1.165) is 32.3 Å². The molecule has 20 heavy (non-hydrogen) atoms. The molecule has 104 valence electrons. The lowest BCUT2D eigenvalue weighted by molar-refractivity contribution is 0.756. The van der Waals surface area contributed by atoms with Crippen molar-refractivity contribution in [2.24, 2.45) is 0 Å². The lowest BCUT2D eigenvalue weighted by atomic mass is 10.4. The first-order chi connectivity index (χ1) is 9.67. The summed E-state index contributed by atoms with van der Waals surface area (Å²) in [5.41, 5.74) is 1.75. The molecule has 0 bridgehead atoms. The molecular formula is C13H10BrCl2N3S. The van der Waals surface area contributed by atoms with Crippen LogP contribution in [0, 0.1) is 0 Å². The lowest BCUT2D eigenvalue weighted by Crippen LogP contribution is -2.05. The maximum Gasteiger partial charge on any atom is 0.160 e. The largest absolute Gasteiger partial charge is 0.307 e. The molecule has 0 radical (unpaired) electrons. The van der Waals surface area contributed by atoms with Gasteiger partial charge in [-0.05, 0) is 34.1 Å². The number of hydrogen-bond donors (Lipinski definition) is 0. The second-order valence-corrected chi connectivity index (χ2v) is 7.35. The molecule has 0 aliphatic rings. The van der Waals surface area contributed by atoms with Gasteiger partial charge in [-0.25, -0.2) is 9.97 Å². The average molecular weight is 391 g/mol. The highest BCUT2D eigenvalue weighted by Crippen LogP contribution is 2.25. The van der Waals surface area contributed by atoms with Gasteiger partial charge in [0.25, 0.3) is 0 Å². The molecule has 3 aromatic heterocycles. The zero-order chi connectivity index (χ0) is 14.1. The molecule has 3 rings (SSSR count). The monoisotopic (exact) mass is 389 g/mol. The molecule has 3 nitrogen and oxygen atoms in total. The van der Waals surface area contributed by atoms with Crippen LogP contribution in [0.15, 0.2) is 28.9 Å². The van der Waals surface area contributed by atoms with Crippen molar-refractivity contribution in [1.29, 1.82) is 0 Å². The van der Waals surface area contributed by atoms with Crippen molar-refractivity contribution in [2.45, 2.75) is 13.0 Å². The maximum atomic E-state index is 5.99. The SMILES string of the molecule is ClCCc1nc2cc(Br)cnc2n1Cc1ccc(Cl)s1. The standard InChI is InChI=1S/C13H10BrCl2N3S/c14-8-5-10-13(17-6-8)19(12(18-10)3-4-15)7-9-1-2-11(16)20-9/h1-2,5-6H,3-4,7H2. The summed E-state index contributed by atoms with van der Waals surface area (Å²) >= 11 is 16.9. The molecule has 0 saturated carbocycles. The molecule has 7 heteroatoms. The molecule has 0 atom stereocenters. The van der Waals surface area contributed by atoms with E-state index in [1.165, 1.54) is 4.88 Å². The summed E-state index contributed by atoms with van der Waals surface area (Å²) in [5.74, 6) is 1.49. The van der Waals surface area contributed by atoms with Crippen molar-refractivity contribution in [1.82, 2.24) is 14.5 Å². The molecule has 3 heterocycles. The number of nitrogens with zero attached hydrogens (tertiary/aromatic N) is 3. The first-order valence-electron chi connectivity index (χ1n) is 5.98. The zero-order valence-electron chi connectivity index (χ0n) is 10.3. The number of pyridine rings is 1. The Morgan fingerprint density at radius 1 is 1.35 bits per heavy atom. The first kappa shape index (κ1) is 14.3. The molecular weight excluding hydrogens is 381 g/mol. The van der Waals surface area contributed by atoms with E-state index < -0.39 is 0 Å². The minimum Gasteiger partial charge on any atom is -0.307 e. The van der Waals surface area contributed by atoms with Gasteiger partial charge in [-0.1, -0.05) is 11.6 Å².